The Morgan fingerprint density at radius 2 is 2.07 bits per heavy atom. The number of hydrogen-bond donors (Lipinski definition) is 1. The van der Waals surface area contributed by atoms with Gasteiger partial charge >= 0.3 is 0 Å². The molecule has 0 saturated carbocycles. The van der Waals surface area contributed by atoms with E-state index in [1.807, 2.05) is 6.07 Å². The molecule has 154 valence electrons. The van der Waals surface area contributed by atoms with Crippen LogP contribution in [0.1, 0.15) is 41.9 Å². The Kier molecular flexibility index (Phi) is 5.99. The van der Waals surface area contributed by atoms with Gasteiger partial charge in [-0.2, -0.15) is 0 Å². The zero-order chi connectivity index (χ0) is 20.4. The zero-order valence-electron chi connectivity index (χ0n) is 16.7. The van der Waals surface area contributed by atoms with E-state index in [4.69, 9.17) is 26.1 Å². The molecule has 1 amide bonds. The highest BCUT2D eigenvalue weighted by Crippen LogP contribution is 2.27. The summed E-state index contributed by atoms with van der Waals surface area (Å²) < 4.78 is 11.6. The highest BCUT2D eigenvalue weighted by atomic mass is 35.5. The topological polar surface area (TPSA) is 76.6 Å². The number of carbonyl (C=O) groups is 1. The summed E-state index contributed by atoms with van der Waals surface area (Å²) in [5.74, 6) is 1.05. The molecule has 0 radical (unpaired) electrons. The van der Waals surface area contributed by atoms with Crippen LogP contribution in [0.15, 0.2) is 24.4 Å². The molecule has 2 aliphatic heterocycles. The molecule has 29 heavy (non-hydrogen) atoms. The molecule has 4 heterocycles. The predicted molar refractivity (Wildman–Crippen MR) is 112 cm³/mol. The van der Waals surface area contributed by atoms with Gasteiger partial charge < -0.3 is 19.7 Å². The van der Waals surface area contributed by atoms with E-state index in [1.165, 1.54) is 6.20 Å². The lowest BCUT2D eigenvalue weighted by molar-refractivity contribution is -0.00548. The monoisotopic (exact) mass is 416 g/mol. The third-order valence-electron chi connectivity index (χ3n) is 5.11. The average molecular weight is 417 g/mol. The number of carbonyl (C=O) groups excluding carboxylic acids is 1. The molecular weight excluding hydrogens is 392 g/mol. The first-order valence-corrected chi connectivity index (χ1v) is 10.3. The third-order valence-corrected chi connectivity index (χ3v) is 5.33. The van der Waals surface area contributed by atoms with Crippen LogP contribution in [0.3, 0.4) is 0 Å². The van der Waals surface area contributed by atoms with Gasteiger partial charge in [-0.25, -0.2) is 9.97 Å². The summed E-state index contributed by atoms with van der Waals surface area (Å²) in [5.41, 5.74) is 2.41. The van der Waals surface area contributed by atoms with Gasteiger partial charge in [-0.3, -0.25) is 4.79 Å². The van der Waals surface area contributed by atoms with E-state index in [1.54, 1.807) is 12.1 Å². The van der Waals surface area contributed by atoms with E-state index in [9.17, 15) is 4.79 Å². The summed E-state index contributed by atoms with van der Waals surface area (Å²) in [4.78, 5) is 24.4. The van der Waals surface area contributed by atoms with Crippen molar-refractivity contribution >= 4 is 29.1 Å². The number of anilines is 2. The smallest absolute Gasteiger partial charge is 0.257 e. The van der Waals surface area contributed by atoms with Crippen LogP contribution in [0, 0.1) is 0 Å². The molecule has 2 atom stereocenters. The molecule has 2 aliphatic rings. The fourth-order valence-corrected chi connectivity index (χ4v) is 4.00. The fraction of sp³-hybridized carbons (Fsp3) is 0.476. The maximum absolute atomic E-state index is 13.2. The highest BCUT2D eigenvalue weighted by Gasteiger charge is 2.27. The van der Waals surface area contributed by atoms with Crippen LogP contribution >= 0.6 is 11.6 Å². The Morgan fingerprint density at radius 3 is 2.79 bits per heavy atom. The Morgan fingerprint density at radius 1 is 1.28 bits per heavy atom. The van der Waals surface area contributed by atoms with Crippen LogP contribution in [-0.2, 0) is 22.5 Å². The van der Waals surface area contributed by atoms with Gasteiger partial charge in [0.25, 0.3) is 5.91 Å². The number of nitrogens with one attached hydrogen (secondary N) is 1. The predicted octanol–water partition coefficient (Wildman–Crippen LogP) is 3.46. The number of fused-ring (bicyclic) bond motifs is 1. The summed E-state index contributed by atoms with van der Waals surface area (Å²) in [6.07, 6.45) is 3.34. The van der Waals surface area contributed by atoms with E-state index in [2.05, 4.69) is 29.0 Å². The van der Waals surface area contributed by atoms with Gasteiger partial charge in [-0.1, -0.05) is 11.6 Å². The van der Waals surface area contributed by atoms with E-state index < -0.39 is 0 Å². The number of amides is 1. The minimum atomic E-state index is -0.198. The molecule has 1 fully saturated rings. The van der Waals surface area contributed by atoms with Crippen molar-refractivity contribution < 1.29 is 14.3 Å². The Bertz CT molecular complexity index is 880. The molecule has 0 aromatic carbocycles. The van der Waals surface area contributed by atoms with Gasteiger partial charge in [0.1, 0.15) is 11.6 Å². The summed E-state index contributed by atoms with van der Waals surface area (Å²) in [5, 5.41) is 3.41. The number of hydrogen-bond acceptors (Lipinski definition) is 6. The number of rotatable bonds is 3. The van der Waals surface area contributed by atoms with Crippen molar-refractivity contribution in [1.82, 2.24) is 9.97 Å². The number of halogens is 1. The molecule has 0 unspecified atom stereocenters. The number of aromatic nitrogens is 2. The maximum atomic E-state index is 13.2. The second-order valence-electron chi connectivity index (χ2n) is 7.59. The molecule has 2 aromatic rings. The van der Waals surface area contributed by atoms with Gasteiger partial charge in [0, 0.05) is 31.5 Å². The zero-order valence-corrected chi connectivity index (χ0v) is 17.4. The minimum Gasteiger partial charge on any atom is -0.375 e. The first-order valence-electron chi connectivity index (χ1n) is 9.93. The third kappa shape index (κ3) is 4.69. The first kappa shape index (κ1) is 20.1. The summed E-state index contributed by atoms with van der Waals surface area (Å²) in [6, 6.07) is 5.28. The molecule has 1 saturated heterocycles. The lowest BCUT2D eigenvalue weighted by Gasteiger charge is -2.36. The lowest BCUT2D eigenvalue weighted by Crippen LogP contribution is -2.46. The van der Waals surface area contributed by atoms with Crippen LogP contribution in [0.4, 0.5) is 11.6 Å². The van der Waals surface area contributed by atoms with Crippen LogP contribution < -0.4 is 10.2 Å². The number of ether oxygens (including phenoxy) is 2. The molecule has 7 nitrogen and oxygen atoms in total. The summed E-state index contributed by atoms with van der Waals surface area (Å²) >= 11 is 5.90. The van der Waals surface area contributed by atoms with E-state index in [0.29, 0.717) is 29.6 Å². The van der Waals surface area contributed by atoms with Crippen LogP contribution in [0.25, 0.3) is 0 Å². The van der Waals surface area contributed by atoms with Crippen molar-refractivity contribution in [3.05, 3.63) is 46.2 Å². The molecule has 0 aliphatic carbocycles. The van der Waals surface area contributed by atoms with Gasteiger partial charge in [-0.15, -0.1) is 0 Å². The van der Waals surface area contributed by atoms with Crippen LogP contribution in [0.5, 0.6) is 0 Å². The van der Waals surface area contributed by atoms with Crippen molar-refractivity contribution in [2.45, 2.75) is 45.5 Å². The number of nitrogens with zero attached hydrogens (tertiary/aromatic N) is 3. The molecule has 0 spiro atoms. The second kappa shape index (κ2) is 8.65. The SMILES string of the molecule is C[C@@H]1CN(c2cc(C(=O)Nc3ccc(Cl)cn3)c3c(n2)COCCC3)C[C@H](C)O1. The van der Waals surface area contributed by atoms with Crippen molar-refractivity contribution in [2.24, 2.45) is 0 Å². The fourth-order valence-electron chi connectivity index (χ4n) is 3.89. The molecule has 4 rings (SSSR count). The lowest BCUT2D eigenvalue weighted by atomic mass is 10.0. The number of morpholine rings is 1. The Hall–Kier alpha value is -2.22. The maximum Gasteiger partial charge on any atom is 0.257 e. The summed E-state index contributed by atoms with van der Waals surface area (Å²) in [7, 11) is 0. The van der Waals surface area contributed by atoms with Crippen molar-refractivity contribution in [1.29, 1.82) is 0 Å². The minimum absolute atomic E-state index is 0.103. The van der Waals surface area contributed by atoms with E-state index in [0.717, 1.165) is 43.0 Å². The summed E-state index contributed by atoms with van der Waals surface area (Å²) in [6.45, 7) is 6.65. The first-order chi connectivity index (χ1) is 14.0. The molecular formula is C21H25ClN4O3. The van der Waals surface area contributed by atoms with Crippen molar-refractivity contribution in [3.8, 4) is 0 Å². The van der Waals surface area contributed by atoms with Crippen LogP contribution in [-0.4, -0.2) is 47.8 Å². The average Bonchev–Trinajstić information content (AvgIpc) is 2.93. The van der Waals surface area contributed by atoms with Gasteiger partial charge in [0.15, 0.2) is 0 Å². The standard InChI is InChI=1S/C21H25ClN4O3/c1-13-10-26(11-14(2)29-13)20-8-17(16-4-3-7-28-12-18(16)24-20)21(27)25-19-6-5-15(22)9-23-19/h5-6,8-9,13-14H,3-4,7,10-12H2,1-2H3,(H,23,25,27)/t13-,14+. The second-order valence-corrected chi connectivity index (χ2v) is 8.02. The van der Waals surface area contributed by atoms with Gasteiger partial charge in [0.05, 0.1) is 29.5 Å². The highest BCUT2D eigenvalue weighted by molar-refractivity contribution is 6.30. The van der Waals surface area contributed by atoms with Gasteiger partial charge in [0.2, 0.25) is 0 Å². The Balaban J connectivity index is 1.68. The normalized spacial score (nSPS) is 22.0. The Labute approximate surface area is 175 Å². The molecule has 2 aromatic heterocycles. The molecule has 1 N–H and O–H groups in total. The largest absolute Gasteiger partial charge is 0.375 e. The van der Waals surface area contributed by atoms with Gasteiger partial charge in [-0.05, 0) is 50.5 Å². The van der Waals surface area contributed by atoms with Crippen LogP contribution in [0.2, 0.25) is 5.02 Å². The molecule has 8 heteroatoms. The van der Waals surface area contributed by atoms with E-state index >= 15 is 0 Å². The molecule has 0 bridgehead atoms. The van der Waals surface area contributed by atoms with Crippen molar-refractivity contribution in [2.75, 3.05) is 29.9 Å². The van der Waals surface area contributed by atoms with E-state index in [-0.39, 0.29) is 18.1 Å². The quantitative estimate of drug-likeness (QED) is 0.825. The number of pyridine rings is 2. The van der Waals surface area contributed by atoms with Crippen molar-refractivity contribution in [3.63, 3.8) is 0 Å².